The zero-order valence-corrected chi connectivity index (χ0v) is 6.16. The topological polar surface area (TPSA) is 47.9 Å². The fourth-order valence-electron chi connectivity index (χ4n) is 0.334. The minimum Gasteiger partial charge on any atom is -0.462 e. The van der Waals surface area contributed by atoms with Gasteiger partial charge in [0.1, 0.15) is 6.61 Å². The van der Waals surface area contributed by atoms with Crippen molar-refractivity contribution in [3.05, 3.63) is 0 Å². The van der Waals surface area contributed by atoms with Gasteiger partial charge in [0, 0.05) is 0 Å². The highest BCUT2D eigenvalue weighted by Crippen LogP contribution is 1.75. The molecular formula is C6H11NO3. The zero-order chi connectivity index (χ0) is 7.82. The van der Waals surface area contributed by atoms with Gasteiger partial charge in [0.25, 0.3) is 0 Å². The number of nitrogens with zero attached hydrogens (tertiary/aromatic N) is 1. The van der Waals surface area contributed by atoms with Crippen LogP contribution in [0.5, 0.6) is 0 Å². The molecule has 0 radical (unpaired) electrons. The van der Waals surface area contributed by atoms with Crippen molar-refractivity contribution in [2.45, 2.75) is 13.8 Å². The Morgan fingerprint density at radius 3 is 2.70 bits per heavy atom. The fourth-order valence-corrected chi connectivity index (χ4v) is 0.334. The van der Waals surface area contributed by atoms with Crippen LogP contribution in [0.4, 0.5) is 0 Å². The first kappa shape index (κ1) is 8.94. The van der Waals surface area contributed by atoms with Crippen molar-refractivity contribution >= 4 is 12.2 Å². The van der Waals surface area contributed by atoms with E-state index in [0.717, 1.165) is 6.21 Å². The molecule has 0 amide bonds. The molecule has 0 aliphatic rings. The Balaban J connectivity index is 3.36. The monoisotopic (exact) mass is 145 g/mol. The lowest BCUT2D eigenvalue weighted by Crippen LogP contribution is -2.04. The summed E-state index contributed by atoms with van der Waals surface area (Å²) in [6.07, 6.45) is 1.01. The van der Waals surface area contributed by atoms with E-state index in [1.807, 2.05) is 0 Å². The SMILES string of the molecule is CCO/N=C/C(=O)OCC. The van der Waals surface area contributed by atoms with Crippen LogP contribution in [0.2, 0.25) is 0 Å². The van der Waals surface area contributed by atoms with E-state index in [1.165, 1.54) is 0 Å². The largest absolute Gasteiger partial charge is 0.462 e. The first-order valence-corrected chi connectivity index (χ1v) is 3.13. The minimum absolute atomic E-state index is 0.358. The average Bonchev–Trinajstić information content (AvgIpc) is 1.89. The van der Waals surface area contributed by atoms with E-state index in [-0.39, 0.29) is 0 Å². The van der Waals surface area contributed by atoms with Gasteiger partial charge in [-0.2, -0.15) is 0 Å². The zero-order valence-electron chi connectivity index (χ0n) is 6.16. The van der Waals surface area contributed by atoms with Gasteiger partial charge in [0.15, 0.2) is 6.21 Å². The van der Waals surface area contributed by atoms with Gasteiger partial charge >= 0.3 is 5.97 Å². The molecule has 58 valence electrons. The maximum Gasteiger partial charge on any atom is 0.352 e. The van der Waals surface area contributed by atoms with Crippen molar-refractivity contribution in [1.82, 2.24) is 0 Å². The predicted molar refractivity (Wildman–Crippen MR) is 36.8 cm³/mol. The third kappa shape index (κ3) is 5.08. The van der Waals surface area contributed by atoms with Crippen LogP contribution < -0.4 is 0 Å². The highest BCUT2D eigenvalue weighted by Gasteiger charge is 1.92. The molecule has 0 saturated heterocycles. The number of esters is 1. The van der Waals surface area contributed by atoms with Gasteiger partial charge in [-0.25, -0.2) is 4.79 Å². The van der Waals surface area contributed by atoms with E-state index in [9.17, 15) is 4.79 Å². The lowest BCUT2D eigenvalue weighted by molar-refractivity contribution is -0.134. The Kier molecular flexibility index (Phi) is 5.42. The van der Waals surface area contributed by atoms with Gasteiger partial charge in [-0.05, 0) is 13.8 Å². The number of oxime groups is 1. The molecule has 10 heavy (non-hydrogen) atoms. The molecular weight excluding hydrogens is 134 g/mol. The molecule has 0 bridgehead atoms. The van der Waals surface area contributed by atoms with Crippen LogP contribution >= 0.6 is 0 Å². The molecule has 0 heterocycles. The maximum atomic E-state index is 10.5. The number of carbonyl (C=O) groups excluding carboxylic acids is 1. The van der Waals surface area contributed by atoms with E-state index in [4.69, 9.17) is 0 Å². The van der Waals surface area contributed by atoms with Gasteiger partial charge in [0.05, 0.1) is 6.61 Å². The standard InChI is InChI=1S/C6H11NO3/c1-3-9-6(8)5-7-10-4-2/h5H,3-4H2,1-2H3/b7-5+. The molecule has 0 N–H and O–H groups in total. The molecule has 0 aliphatic heterocycles. The van der Waals surface area contributed by atoms with Crippen LogP contribution in [0.25, 0.3) is 0 Å². The Hall–Kier alpha value is -1.06. The summed E-state index contributed by atoms with van der Waals surface area (Å²) < 4.78 is 4.52. The van der Waals surface area contributed by atoms with Gasteiger partial charge in [0.2, 0.25) is 0 Å². The van der Waals surface area contributed by atoms with Crippen molar-refractivity contribution in [1.29, 1.82) is 0 Å². The second kappa shape index (κ2) is 6.07. The number of hydrogen-bond acceptors (Lipinski definition) is 4. The third-order valence-corrected chi connectivity index (χ3v) is 0.648. The molecule has 4 heteroatoms. The van der Waals surface area contributed by atoms with E-state index in [1.54, 1.807) is 13.8 Å². The van der Waals surface area contributed by atoms with Gasteiger partial charge in [-0.3, -0.25) is 0 Å². The van der Waals surface area contributed by atoms with Crippen LogP contribution in [-0.2, 0) is 14.4 Å². The summed E-state index contributed by atoms with van der Waals surface area (Å²) >= 11 is 0. The minimum atomic E-state index is -0.476. The first-order chi connectivity index (χ1) is 4.81. The Bertz CT molecular complexity index is 122. The Morgan fingerprint density at radius 2 is 2.20 bits per heavy atom. The van der Waals surface area contributed by atoms with Gasteiger partial charge < -0.3 is 9.57 Å². The Morgan fingerprint density at radius 1 is 1.50 bits per heavy atom. The first-order valence-electron chi connectivity index (χ1n) is 3.13. The van der Waals surface area contributed by atoms with Crippen LogP contribution in [-0.4, -0.2) is 25.4 Å². The maximum absolute atomic E-state index is 10.5. The summed E-state index contributed by atoms with van der Waals surface area (Å²) in [5.74, 6) is -0.476. The van der Waals surface area contributed by atoms with Crippen LogP contribution in [0.15, 0.2) is 5.16 Å². The third-order valence-electron chi connectivity index (χ3n) is 0.648. The van der Waals surface area contributed by atoms with E-state index < -0.39 is 5.97 Å². The molecule has 0 aliphatic carbocycles. The van der Waals surface area contributed by atoms with Crippen LogP contribution in [0, 0.1) is 0 Å². The molecule has 0 unspecified atom stereocenters. The molecule has 0 aromatic carbocycles. The predicted octanol–water partition coefficient (Wildman–Crippen LogP) is 0.572. The highest BCUT2D eigenvalue weighted by atomic mass is 16.6. The molecule has 0 atom stereocenters. The molecule has 0 spiro atoms. The molecule has 0 fully saturated rings. The quantitative estimate of drug-likeness (QED) is 0.330. The van der Waals surface area contributed by atoms with Crippen molar-refractivity contribution in [2.24, 2.45) is 5.16 Å². The summed E-state index contributed by atoms with van der Waals surface area (Å²) in [6, 6.07) is 0. The summed E-state index contributed by atoms with van der Waals surface area (Å²) in [5.41, 5.74) is 0. The summed E-state index contributed by atoms with van der Waals surface area (Å²) in [6.45, 7) is 4.32. The number of carbonyl (C=O) groups is 1. The molecule has 0 aromatic rings. The van der Waals surface area contributed by atoms with E-state index in [0.29, 0.717) is 13.2 Å². The van der Waals surface area contributed by atoms with Gasteiger partial charge in [-0.1, -0.05) is 5.16 Å². The van der Waals surface area contributed by atoms with Crippen molar-refractivity contribution in [3.8, 4) is 0 Å². The fraction of sp³-hybridized carbons (Fsp3) is 0.667. The van der Waals surface area contributed by atoms with Crippen molar-refractivity contribution < 1.29 is 14.4 Å². The second-order valence-corrected chi connectivity index (χ2v) is 1.40. The smallest absolute Gasteiger partial charge is 0.352 e. The summed E-state index contributed by atoms with van der Waals surface area (Å²) in [4.78, 5) is 15.0. The number of ether oxygens (including phenoxy) is 1. The normalized spacial score (nSPS) is 9.80. The lowest BCUT2D eigenvalue weighted by atomic mass is 10.7. The molecule has 4 nitrogen and oxygen atoms in total. The number of hydrogen-bond donors (Lipinski definition) is 0. The van der Waals surface area contributed by atoms with Crippen molar-refractivity contribution in [3.63, 3.8) is 0 Å². The van der Waals surface area contributed by atoms with E-state index >= 15 is 0 Å². The lowest BCUT2D eigenvalue weighted by Gasteiger charge is -1.93. The molecule has 0 saturated carbocycles. The van der Waals surface area contributed by atoms with Crippen LogP contribution in [0.3, 0.4) is 0 Å². The molecule has 0 rings (SSSR count). The van der Waals surface area contributed by atoms with Crippen molar-refractivity contribution in [2.75, 3.05) is 13.2 Å². The molecule has 0 aromatic heterocycles. The van der Waals surface area contributed by atoms with Crippen LogP contribution in [0.1, 0.15) is 13.8 Å². The van der Waals surface area contributed by atoms with E-state index in [2.05, 4.69) is 14.7 Å². The Labute approximate surface area is 59.8 Å². The summed E-state index contributed by atoms with van der Waals surface area (Å²) in [7, 11) is 0. The summed E-state index contributed by atoms with van der Waals surface area (Å²) in [5, 5.41) is 3.31. The second-order valence-electron chi connectivity index (χ2n) is 1.40. The highest BCUT2D eigenvalue weighted by molar-refractivity contribution is 6.22. The number of rotatable bonds is 4. The van der Waals surface area contributed by atoms with Gasteiger partial charge in [-0.15, -0.1) is 0 Å². The average molecular weight is 145 g/mol.